The average molecular weight is 380 g/mol. The molecule has 0 aliphatic rings. The maximum atomic E-state index is 11.8. The Morgan fingerprint density at radius 2 is 1.05 bits per heavy atom. The van der Waals surface area contributed by atoms with Crippen LogP contribution < -0.4 is 0 Å². The zero-order valence-electron chi connectivity index (χ0n) is 9.91. The Bertz CT molecular complexity index is 501. The molecule has 0 aromatic heterocycles. The number of rotatable bonds is 6. The summed E-state index contributed by atoms with van der Waals surface area (Å²) >= 11 is -0.766. The summed E-state index contributed by atoms with van der Waals surface area (Å²) in [6.07, 6.45) is 0. The average Bonchev–Trinajstić information content (AvgIpc) is 2.49. The van der Waals surface area contributed by atoms with Gasteiger partial charge >= 0.3 is 125 Å². The van der Waals surface area contributed by atoms with Gasteiger partial charge in [0.15, 0.2) is 0 Å². The van der Waals surface area contributed by atoms with Gasteiger partial charge in [-0.05, 0) is 0 Å². The van der Waals surface area contributed by atoms with E-state index in [0.717, 1.165) is 0 Å². The minimum absolute atomic E-state index is 0.0656. The Hall–Kier alpha value is -1.18. The Morgan fingerprint density at radius 1 is 0.684 bits per heavy atom. The van der Waals surface area contributed by atoms with Crippen LogP contribution in [0.1, 0.15) is 20.7 Å². The van der Waals surface area contributed by atoms with Gasteiger partial charge in [0, 0.05) is 0 Å². The van der Waals surface area contributed by atoms with Crippen molar-refractivity contribution in [2.75, 3.05) is 0 Å². The Labute approximate surface area is 124 Å². The molecule has 0 amide bonds. The van der Waals surface area contributed by atoms with E-state index in [1.807, 2.05) is 36.4 Å². The van der Waals surface area contributed by atoms with E-state index in [2.05, 4.69) is 4.22 Å². The van der Waals surface area contributed by atoms with Gasteiger partial charge in [0.1, 0.15) is 0 Å². The second-order valence-corrected chi connectivity index (χ2v) is 8.17. The first-order valence-corrected chi connectivity index (χ1v) is 8.97. The van der Waals surface area contributed by atoms with Crippen molar-refractivity contribution in [3.8, 4) is 0 Å². The predicted octanol–water partition coefficient (Wildman–Crippen LogP) is 2.07. The number of benzene rings is 2. The number of hydrogen-bond donors (Lipinski definition) is 0. The van der Waals surface area contributed by atoms with Crippen LogP contribution in [-0.4, -0.2) is 39.3 Å². The summed E-state index contributed by atoms with van der Waals surface area (Å²) in [5.74, 6) is 0. The number of carbonyl (C=O) groups excluding carboxylic acids is 2. The molecule has 0 aliphatic heterocycles. The molecule has 2 nitrogen and oxygen atoms in total. The molecule has 4 heteroatoms. The summed E-state index contributed by atoms with van der Waals surface area (Å²) in [5, 5.41) is 0. The van der Waals surface area contributed by atoms with E-state index in [0.29, 0.717) is 11.1 Å². The molecule has 2 radical (unpaired) electrons. The SMILES string of the molecule is O=C([Se][C][Se]C(=O)c1ccccc1)c1ccccc1. The monoisotopic (exact) mass is 382 g/mol. The fraction of sp³-hybridized carbons (Fsp3) is 0. The van der Waals surface area contributed by atoms with Crippen LogP contribution in [0.2, 0.25) is 0 Å². The summed E-state index contributed by atoms with van der Waals surface area (Å²) < 4.78 is 3.14. The van der Waals surface area contributed by atoms with E-state index in [1.165, 1.54) is 0 Å². The standard InChI is InChI=1S/C15H10O2Se2/c16-14(12-7-3-1-4-8-12)18-11-19-15(17)13-9-5-2-6-10-13/h1-10H. The van der Waals surface area contributed by atoms with Crippen molar-refractivity contribution in [1.29, 1.82) is 0 Å². The minimum atomic E-state index is -0.383. The van der Waals surface area contributed by atoms with E-state index in [-0.39, 0.29) is 39.3 Å². The van der Waals surface area contributed by atoms with Gasteiger partial charge in [0.2, 0.25) is 0 Å². The van der Waals surface area contributed by atoms with Crippen molar-refractivity contribution < 1.29 is 9.59 Å². The van der Waals surface area contributed by atoms with Gasteiger partial charge in [-0.3, -0.25) is 0 Å². The van der Waals surface area contributed by atoms with Crippen molar-refractivity contribution in [3.63, 3.8) is 0 Å². The van der Waals surface area contributed by atoms with Crippen molar-refractivity contribution >= 4 is 39.3 Å². The van der Waals surface area contributed by atoms with E-state index in [4.69, 9.17) is 0 Å². The van der Waals surface area contributed by atoms with Crippen LogP contribution in [-0.2, 0) is 0 Å². The topological polar surface area (TPSA) is 34.1 Å². The Balaban J connectivity index is 1.81. The van der Waals surface area contributed by atoms with Crippen LogP contribution >= 0.6 is 0 Å². The van der Waals surface area contributed by atoms with Gasteiger partial charge in [-0.1, -0.05) is 0 Å². The van der Waals surface area contributed by atoms with Gasteiger partial charge in [0.05, 0.1) is 0 Å². The molecule has 0 atom stereocenters. The third-order valence-corrected chi connectivity index (χ3v) is 6.22. The molecule has 0 heterocycles. The van der Waals surface area contributed by atoms with Crippen molar-refractivity contribution in [1.82, 2.24) is 0 Å². The van der Waals surface area contributed by atoms with Crippen LogP contribution in [0.3, 0.4) is 0 Å². The summed E-state index contributed by atoms with van der Waals surface area (Å²) in [4.78, 5) is 23.7. The van der Waals surface area contributed by atoms with Gasteiger partial charge in [-0.15, -0.1) is 0 Å². The molecule has 94 valence electrons. The van der Waals surface area contributed by atoms with E-state index in [1.54, 1.807) is 24.3 Å². The predicted molar refractivity (Wildman–Crippen MR) is 76.3 cm³/mol. The molecule has 0 bridgehead atoms. The molecule has 0 aliphatic carbocycles. The Kier molecular flexibility index (Phi) is 5.56. The van der Waals surface area contributed by atoms with Crippen molar-refractivity contribution in [2.45, 2.75) is 0 Å². The van der Waals surface area contributed by atoms with E-state index < -0.39 is 0 Å². The first-order chi connectivity index (χ1) is 9.27. The first kappa shape index (κ1) is 14.2. The molecule has 0 spiro atoms. The summed E-state index contributed by atoms with van der Waals surface area (Å²) in [5.41, 5.74) is 1.39. The van der Waals surface area contributed by atoms with Gasteiger partial charge in [0.25, 0.3) is 0 Å². The quantitative estimate of drug-likeness (QED) is 0.720. The summed E-state index contributed by atoms with van der Waals surface area (Å²) in [6, 6.07) is 18.3. The second kappa shape index (κ2) is 7.42. The molecule has 2 aromatic carbocycles. The van der Waals surface area contributed by atoms with Crippen LogP contribution in [0.4, 0.5) is 0 Å². The van der Waals surface area contributed by atoms with Gasteiger partial charge in [-0.25, -0.2) is 0 Å². The Morgan fingerprint density at radius 3 is 1.42 bits per heavy atom. The molecule has 0 unspecified atom stereocenters. The zero-order valence-corrected chi connectivity index (χ0v) is 13.3. The summed E-state index contributed by atoms with van der Waals surface area (Å²) in [6.45, 7) is 0. The van der Waals surface area contributed by atoms with Crippen LogP contribution in [0.15, 0.2) is 60.7 Å². The molecule has 0 saturated carbocycles. The number of carbonyl (C=O) groups is 2. The third kappa shape index (κ3) is 4.45. The molecule has 0 N–H and O–H groups in total. The van der Waals surface area contributed by atoms with Gasteiger partial charge < -0.3 is 0 Å². The molecule has 2 aromatic rings. The van der Waals surface area contributed by atoms with Crippen LogP contribution in [0.25, 0.3) is 0 Å². The number of hydrogen-bond acceptors (Lipinski definition) is 2. The molecular weight excluding hydrogens is 370 g/mol. The third-order valence-electron chi connectivity index (χ3n) is 2.29. The van der Waals surface area contributed by atoms with E-state index >= 15 is 0 Å². The molecule has 0 fully saturated rings. The normalized spacial score (nSPS) is 10.1. The van der Waals surface area contributed by atoms with E-state index in [9.17, 15) is 9.59 Å². The maximum absolute atomic E-state index is 11.8. The van der Waals surface area contributed by atoms with Crippen LogP contribution in [0, 0.1) is 4.22 Å². The first-order valence-electron chi connectivity index (χ1n) is 5.55. The van der Waals surface area contributed by atoms with Crippen molar-refractivity contribution in [2.24, 2.45) is 0 Å². The second-order valence-electron chi connectivity index (χ2n) is 3.59. The molecule has 19 heavy (non-hydrogen) atoms. The van der Waals surface area contributed by atoms with Gasteiger partial charge in [-0.2, -0.15) is 0 Å². The van der Waals surface area contributed by atoms with Crippen molar-refractivity contribution in [3.05, 3.63) is 76.0 Å². The van der Waals surface area contributed by atoms with Crippen LogP contribution in [0.5, 0.6) is 0 Å². The molecule has 0 saturated heterocycles. The fourth-order valence-electron chi connectivity index (χ4n) is 1.36. The molecule has 2 rings (SSSR count). The summed E-state index contributed by atoms with van der Waals surface area (Å²) in [7, 11) is 0. The molecular formula is C15H10O2Se2. The fourth-order valence-corrected chi connectivity index (χ4v) is 4.94. The zero-order chi connectivity index (χ0) is 13.5.